The lowest BCUT2D eigenvalue weighted by atomic mass is 10.0. The first kappa shape index (κ1) is 15.0. The summed E-state index contributed by atoms with van der Waals surface area (Å²) in [5.41, 5.74) is -0.0796. The molecule has 3 aromatic rings. The normalized spacial score (nSPS) is 13.5. The van der Waals surface area contributed by atoms with Crippen molar-refractivity contribution in [2.45, 2.75) is 12.5 Å². The molecule has 0 fully saturated rings. The monoisotopic (exact) mass is 312 g/mol. The molecule has 3 rings (SSSR count). The Kier molecular flexibility index (Phi) is 3.94. The van der Waals surface area contributed by atoms with Gasteiger partial charge in [0, 0.05) is 5.56 Å². The highest BCUT2D eigenvalue weighted by Crippen LogP contribution is 2.20. The van der Waals surface area contributed by atoms with E-state index in [9.17, 15) is 9.90 Å². The fourth-order valence-electron chi connectivity index (χ4n) is 2.16. The molecular weight excluding hydrogens is 296 g/mol. The lowest BCUT2D eigenvalue weighted by Crippen LogP contribution is -2.38. The van der Waals surface area contributed by atoms with Crippen molar-refractivity contribution in [3.05, 3.63) is 66.6 Å². The van der Waals surface area contributed by atoms with Crippen molar-refractivity contribution in [2.75, 3.05) is 6.54 Å². The van der Waals surface area contributed by atoms with E-state index in [0.717, 1.165) is 5.69 Å². The van der Waals surface area contributed by atoms with Crippen LogP contribution in [-0.4, -0.2) is 32.3 Å². The molecule has 0 bridgehead atoms. The Balaban J connectivity index is 1.70. The van der Waals surface area contributed by atoms with Crippen molar-refractivity contribution < 1.29 is 14.3 Å². The Bertz CT molecular complexity index is 780. The Hall–Kier alpha value is -2.93. The average molecular weight is 312 g/mol. The Morgan fingerprint density at radius 2 is 2.26 bits per heavy atom. The van der Waals surface area contributed by atoms with Gasteiger partial charge in [0.1, 0.15) is 24.0 Å². The fraction of sp³-hybridized carbons (Fsp3) is 0.188. The van der Waals surface area contributed by atoms with E-state index in [1.807, 2.05) is 6.07 Å². The number of carbonyl (C=O) groups is 1. The average Bonchev–Trinajstić information content (AvgIpc) is 3.25. The van der Waals surface area contributed by atoms with E-state index in [-0.39, 0.29) is 12.5 Å². The zero-order valence-corrected chi connectivity index (χ0v) is 12.5. The third kappa shape index (κ3) is 3.29. The minimum absolute atomic E-state index is 0.0346. The number of hydrogen-bond acceptors (Lipinski definition) is 5. The molecule has 7 nitrogen and oxygen atoms in total. The number of furan rings is 1. The van der Waals surface area contributed by atoms with Gasteiger partial charge in [-0.25, -0.2) is 9.67 Å². The van der Waals surface area contributed by atoms with Crippen molar-refractivity contribution in [3.63, 3.8) is 0 Å². The lowest BCUT2D eigenvalue weighted by molar-refractivity contribution is 0.0330. The maximum Gasteiger partial charge on any atom is 0.251 e. The van der Waals surface area contributed by atoms with Gasteiger partial charge in [-0.15, -0.1) is 0 Å². The maximum atomic E-state index is 12.3. The van der Waals surface area contributed by atoms with Crippen LogP contribution in [0.4, 0.5) is 0 Å². The number of aromatic nitrogens is 3. The summed E-state index contributed by atoms with van der Waals surface area (Å²) in [6.45, 7) is 1.62. The van der Waals surface area contributed by atoms with Crippen molar-refractivity contribution in [1.29, 1.82) is 0 Å². The van der Waals surface area contributed by atoms with Gasteiger partial charge >= 0.3 is 0 Å². The molecule has 0 radical (unpaired) electrons. The third-order valence-corrected chi connectivity index (χ3v) is 3.44. The number of hydrogen-bond donors (Lipinski definition) is 2. The number of nitrogens with one attached hydrogen (secondary N) is 1. The van der Waals surface area contributed by atoms with Crippen LogP contribution in [0.25, 0.3) is 5.69 Å². The zero-order valence-electron chi connectivity index (χ0n) is 12.5. The van der Waals surface area contributed by atoms with E-state index in [2.05, 4.69) is 15.4 Å². The SMILES string of the molecule is CC(O)(CNC(=O)c1cccc(-n2cncn2)c1)c1ccco1. The molecule has 0 saturated heterocycles. The van der Waals surface area contributed by atoms with E-state index >= 15 is 0 Å². The largest absolute Gasteiger partial charge is 0.466 e. The topological polar surface area (TPSA) is 93.2 Å². The minimum Gasteiger partial charge on any atom is -0.466 e. The summed E-state index contributed by atoms with van der Waals surface area (Å²) in [5, 5.41) is 17.1. The molecule has 2 N–H and O–H groups in total. The summed E-state index contributed by atoms with van der Waals surface area (Å²) < 4.78 is 6.75. The van der Waals surface area contributed by atoms with Crippen molar-refractivity contribution in [1.82, 2.24) is 20.1 Å². The second-order valence-corrected chi connectivity index (χ2v) is 5.32. The molecule has 1 atom stereocenters. The van der Waals surface area contributed by atoms with Crippen LogP contribution in [-0.2, 0) is 5.60 Å². The fourth-order valence-corrected chi connectivity index (χ4v) is 2.16. The highest BCUT2D eigenvalue weighted by Gasteiger charge is 2.27. The Morgan fingerprint density at radius 1 is 1.39 bits per heavy atom. The standard InChI is InChI=1S/C16H16N4O3/c1-16(22,14-6-3-7-23-14)9-18-15(21)12-4-2-5-13(8-12)20-11-17-10-19-20/h2-8,10-11,22H,9H2,1H3,(H,18,21). The van der Waals surface area contributed by atoms with Crippen LogP contribution >= 0.6 is 0 Å². The van der Waals surface area contributed by atoms with Gasteiger partial charge in [0.05, 0.1) is 18.5 Å². The number of aliphatic hydroxyl groups is 1. The summed E-state index contributed by atoms with van der Waals surface area (Å²) in [6.07, 6.45) is 4.46. The number of nitrogens with zero attached hydrogens (tertiary/aromatic N) is 3. The summed E-state index contributed by atoms with van der Waals surface area (Å²) in [4.78, 5) is 16.2. The predicted molar refractivity (Wildman–Crippen MR) is 82.0 cm³/mol. The zero-order chi connectivity index (χ0) is 16.3. The molecule has 1 aromatic carbocycles. The molecule has 1 amide bonds. The number of benzene rings is 1. The smallest absolute Gasteiger partial charge is 0.251 e. The molecule has 2 aromatic heterocycles. The minimum atomic E-state index is -1.28. The second-order valence-electron chi connectivity index (χ2n) is 5.32. The Labute approximate surface area is 132 Å². The van der Waals surface area contributed by atoms with Gasteiger partial charge in [-0.2, -0.15) is 5.10 Å². The molecule has 0 saturated carbocycles. The summed E-state index contributed by atoms with van der Waals surface area (Å²) in [5.74, 6) is 0.105. The van der Waals surface area contributed by atoms with Crippen LogP contribution in [0.2, 0.25) is 0 Å². The van der Waals surface area contributed by atoms with Gasteiger partial charge in [-0.05, 0) is 37.3 Å². The molecule has 118 valence electrons. The van der Waals surface area contributed by atoms with Crippen LogP contribution < -0.4 is 5.32 Å². The third-order valence-electron chi connectivity index (χ3n) is 3.44. The lowest BCUT2D eigenvalue weighted by Gasteiger charge is -2.21. The summed E-state index contributed by atoms with van der Waals surface area (Å²) in [7, 11) is 0. The van der Waals surface area contributed by atoms with Crippen LogP contribution in [0.1, 0.15) is 23.0 Å². The highest BCUT2D eigenvalue weighted by atomic mass is 16.4. The molecule has 0 spiro atoms. The molecule has 2 heterocycles. The quantitative estimate of drug-likeness (QED) is 0.744. The van der Waals surface area contributed by atoms with Crippen molar-refractivity contribution >= 4 is 5.91 Å². The van der Waals surface area contributed by atoms with Gasteiger partial charge in [-0.3, -0.25) is 4.79 Å². The van der Waals surface area contributed by atoms with Crippen LogP contribution in [0.3, 0.4) is 0 Å². The van der Waals surface area contributed by atoms with Crippen molar-refractivity contribution in [3.8, 4) is 5.69 Å². The van der Waals surface area contributed by atoms with Gasteiger partial charge in [0.2, 0.25) is 0 Å². The van der Waals surface area contributed by atoms with Gasteiger partial charge in [0.25, 0.3) is 5.91 Å². The van der Waals surface area contributed by atoms with Gasteiger partial charge in [0.15, 0.2) is 0 Å². The molecular formula is C16H16N4O3. The molecule has 1 unspecified atom stereocenters. The number of amides is 1. The van der Waals surface area contributed by atoms with Crippen LogP contribution in [0.5, 0.6) is 0 Å². The van der Waals surface area contributed by atoms with E-state index in [1.165, 1.54) is 12.6 Å². The maximum absolute atomic E-state index is 12.3. The summed E-state index contributed by atoms with van der Waals surface area (Å²) >= 11 is 0. The first-order valence-electron chi connectivity index (χ1n) is 7.06. The molecule has 0 aliphatic carbocycles. The molecule has 0 aliphatic rings. The van der Waals surface area contributed by atoms with Gasteiger partial charge < -0.3 is 14.8 Å². The first-order valence-corrected chi connectivity index (χ1v) is 7.06. The highest BCUT2D eigenvalue weighted by molar-refractivity contribution is 5.94. The second kappa shape index (κ2) is 6.05. The molecule has 0 aliphatic heterocycles. The van der Waals surface area contributed by atoms with E-state index < -0.39 is 5.60 Å². The number of carbonyl (C=O) groups excluding carboxylic acids is 1. The van der Waals surface area contributed by atoms with E-state index in [0.29, 0.717) is 11.3 Å². The van der Waals surface area contributed by atoms with E-state index in [1.54, 1.807) is 48.3 Å². The summed E-state index contributed by atoms with van der Waals surface area (Å²) in [6, 6.07) is 10.3. The van der Waals surface area contributed by atoms with Crippen LogP contribution in [0.15, 0.2) is 59.7 Å². The Morgan fingerprint density at radius 3 is 2.96 bits per heavy atom. The molecule has 7 heteroatoms. The van der Waals surface area contributed by atoms with E-state index in [4.69, 9.17) is 4.42 Å². The van der Waals surface area contributed by atoms with Crippen molar-refractivity contribution in [2.24, 2.45) is 0 Å². The van der Waals surface area contributed by atoms with Gasteiger partial charge in [-0.1, -0.05) is 6.07 Å². The molecule has 23 heavy (non-hydrogen) atoms. The number of rotatable bonds is 5. The van der Waals surface area contributed by atoms with Crippen LogP contribution in [0, 0.1) is 0 Å². The first-order chi connectivity index (χ1) is 11.1. The predicted octanol–water partition coefficient (Wildman–Crippen LogP) is 1.50.